The summed E-state index contributed by atoms with van der Waals surface area (Å²) in [7, 11) is 0. The van der Waals surface area contributed by atoms with Crippen LogP contribution in [-0.2, 0) is 6.54 Å². The van der Waals surface area contributed by atoms with Crippen LogP contribution in [-0.4, -0.2) is 22.5 Å². The van der Waals surface area contributed by atoms with Crippen LogP contribution in [0.2, 0.25) is 0 Å². The van der Waals surface area contributed by atoms with Crippen LogP contribution in [0.5, 0.6) is 5.75 Å². The quantitative estimate of drug-likeness (QED) is 0.662. The van der Waals surface area contributed by atoms with Crippen LogP contribution in [0.25, 0.3) is 11.0 Å². The van der Waals surface area contributed by atoms with Crippen molar-refractivity contribution in [3.8, 4) is 17.6 Å². The molecule has 6 heteroatoms. The molecule has 0 aliphatic rings. The van der Waals surface area contributed by atoms with Crippen molar-refractivity contribution >= 4 is 16.9 Å². The molecule has 2 aromatic heterocycles. The van der Waals surface area contributed by atoms with E-state index >= 15 is 0 Å². The van der Waals surface area contributed by atoms with Crippen LogP contribution in [0.15, 0.2) is 48.7 Å². The predicted molar refractivity (Wildman–Crippen MR) is 105 cm³/mol. The number of hydrogen-bond donors (Lipinski definition) is 1. The van der Waals surface area contributed by atoms with Crippen LogP contribution in [0.4, 0.5) is 4.39 Å². The van der Waals surface area contributed by atoms with Gasteiger partial charge >= 0.3 is 0 Å². The molecule has 3 aromatic rings. The standard InChI is InChI=1S/C22H20FN3O2/c1-2-3-4-5-14-28-20-10-6-8-16(21(20)23)15-25-22(27)19-12-11-17-18(26-19)9-7-13-24-17/h6-13H,2-3,14-15H2,1H3,(H,25,27). The minimum Gasteiger partial charge on any atom is -0.478 e. The van der Waals surface area contributed by atoms with E-state index in [1.54, 1.807) is 48.7 Å². The highest BCUT2D eigenvalue weighted by Gasteiger charge is 2.12. The summed E-state index contributed by atoms with van der Waals surface area (Å²) in [4.78, 5) is 20.8. The Labute approximate surface area is 163 Å². The lowest BCUT2D eigenvalue weighted by Gasteiger charge is -2.10. The Morgan fingerprint density at radius 1 is 1.14 bits per heavy atom. The Morgan fingerprint density at radius 2 is 2.04 bits per heavy atom. The number of ether oxygens (including phenoxy) is 1. The zero-order valence-electron chi connectivity index (χ0n) is 15.5. The first-order valence-corrected chi connectivity index (χ1v) is 9.05. The number of nitrogens with one attached hydrogen (secondary N) is 1. The molecule has 0 atom stereocenters. The Hall–Kier alpha value is -3.46. The van der Waals surface area contributed by atoms with Gasteiger partial charge in [0.05, 0.1) is 11.0 Å². The van der Waals surface area contributed by atoms with E-state index in [1.165, 1.54) is 0 Å². The van der Waals surface area contributed by atoms with Crippen molar-refractivity contribution in [2.24, 2.45) is 0 Å². The SMILES string of the molecule is CCCC#CCOc1cccc(CNC(=O)c2ccc3ncccc3n2)c1F. The Kier molecular flexibility index (Phi) is 6.53. The molecule has 2 heterocycles. The zero-order chi connectivity index (χ0) is 19.8. The summed E-state index contributed by atoms with van der Waals surface area (Å²) in [6, 6.07) is 11.7. The number of amides is 1. The van der Waals surface area contributed by atoms with Crippen molar-refractivity contribution in [1.82, 2.24) is 15.3 Å². The molecule has 0 radical (unpaired) electrons. The molecule has 0 unspecified atom stereocenters. The highest BCUT2D eigenvalue weighted by molar-refractivity contribution is 5.94. The fourth-order valence-electron chi connectivity index (χ4n) is 2.53. The highest BCUT2D eigenvalue weighted by atomic mass is 19.1. The Bertz CT molecular complexity index is 1040. The monoisotopic (exact) mass is 377 g/mol. The van der Waals surface area contributed by atoms with Crippen LogP contribution in [0.1, 0.15) is 35.8 Å². The summed E-state index contributed by atoms with van der Waals surface area (Å²) < 4.78 is 19.9. The molecule has 0 bridgehead atoms. The van der Waals surface area contributed by atoms with Gasteiger partial charge in [-0.2, -0.15) is 0 Å². The third-order valence-electron chi connectivity index (χ3n) is 3.97. The molecule has 1 amide bonds. The third-order valence-corrected chi connectivity index (χ3v) is 3.97. The second-order valence-corrected chi connectivity index (χ2v) is 6.04. The first kappa shape index (κ1) is 19.3. The van der Waals surface area contributed by atoms with Gasteiger partial charge in [0, 0.05) is 24.7 Å². The van der Waals surface area contributed by atoms with Crippen molar-refractivity contribution in [3.05, 3.63) is 65.7 Å². The maximum Gasteiger partial charge on any atom is 0.270 e. The molecule has 142 valence electrons. The molecule has 0 saturated heterocycles. The van der Waals surface area contributed by atoms with Gasteiger partial charge in [-0.25, -0.2) is 9.37 Å². The topological polar surface area (TPSA) is 64.1 Å². The molecule has 28 heavy (non-hydrogen) atoms. The largest absolute Gasteiger partial charge is 0.478 e. The smallest absolute Gasteiger partial charge is 0.270 e. The summed E-state index contributed by atoms with van der Waals surface area (Å²) in [6.07, 6.45) is 3.42. The summed E-state index contributed by atoms with van der Waals surface area (Å²) in [5, 5.41) is 2.69. The number of carbonyl (C=O) groups excluding carboxylic acids is 1. The van der Waals surface area contributed by atoms with E-state index in [4.69, 9.17) is 4.74 Å². The Morgan fingerprint density at radius 3 is 2.89 bits per heavy atom. The average Bonchev–Trinajstić information content (AvgIpc) is 2.73. The molecule has 0 fully saturated rings. The van der Waals surface area contributed by atoms with Crippen LogP contribution in [0.3, 0.4) is 0 Å². The van der Waals surface area contributed by atoms with Crippen molar-refractivity contribution < 1.29 is 13.9 Å². The summed E-state index contributed by atoms with van der Waals surface area (Å²) in [5.74, 6) is 5.02. The second-order valence-electron chi connectivity index (χ2n) is 6.04. The van der Waals surface area contributed by atoms with Crippen LogP contribution >= 0.6 is 0 Å². The van der Waals surface area contributed by atoms with Crippen molar-refractivity contribution in [2.45, 2.75) is 26.3 Å². The Balaban J connectivity index is 1.64. The maximum absolute atomic E-state index is 14.6. The van der Waals surface area contributed by atoms with Crippen molar-refractivity contribution in [2.75, 3.05) is 6.61 Å². The normalized spacial score (nSPS) is 10.2. The second kappa shape index (κ2) is 9.47. The number of pyridine rings is 2. The molecule has 1 N–H and O–H groups in total. The van der Waals surface area contributed by atoms with E-state index in [9.17, 15) is 9.18 Å². The number of rotatable bonds is 6. The van der Waals surface area contributed by atoms with Gasteiger partial charge in [-0.15, -0.1) is 0 Å². The zero-order valence-corrected chi connectivity index (χ0v) is 15.5. The lowest BCUT2D eigenvalue weighted by molar-refractivity contribution is 0.0946. The van der Waals surface area contributed by atoms with E-state index < -0.39 is 5.82 Å². The highest BCUT2D eigenvalue weighted by Crippen LogP contribution is 2.20. The van der Waals surface area contributed by atoms with Gasteiger partial charge in [0.15, 0.2) is 11.6 Å². The number of halogens is 1. The lowest BCUT2D eigenvalue weighted by atomic mass is 10.2. The molecule has 0 saturated carbocycles. The van der Waals surface area contributed by atoms with Gasteiger partial charge in [0.1, 0.15) is 12.3 Å². The van der Waals surface area contributed by atoms with Gasteiger partial charge < -0.3 is 10.1 Å². The van der Waals surface area contributed by atoms with E-state index in [2.05, 4.69) is 27.1 Å². The van der Waals surface area contributed by atoms with Crippen molar-refractivity contribution in [1.29, 1.82) is 0 Å². The van der Waals surface area contributed by atoms with Gasteiger partial charge in [-0.05, 0) is 36.8 Å². The number of nitrogens with zero attached hydrogens (tertiary/aromatic N) is 2. The third kappa shape index (κ3) is 4.83. The first-order valence-electron chi connectivity index (χ1n) is 9.05. The van der Waals surface area contributed by atoms with Crippen LogP contribution < -0.4 is 10.1 Å². The maximum atomic E-state index is 14.6. The number of carbonyl (C=O) groups is 1. The number of fused-ring (bicyclic) bond motifs is 1. The van der Waals surface area contributed by atoms with Crippen LogP contribution in [0, 0.1) is 17.7 Å². The fourth-order valence-corrected chi connectivity index (χ4v) is 2.53. The molecule has 1 aromatic carbocycles. The molecular formula is C22H20FN3O2. The molecular weight excluding hydrogens is 357 g/mol. The molecule has 0 spiro atoms. The average molecular weight is 377 g/mol. The van der Waals surface area contributed by atoms with E-state index in [0.717, 1.165) is 12.8 Å². The van der Waals surface area contributed by atoms with Gasteiger partial charge in [-0.3, -0.25) is 9.78 Å². The molecule has 0 aliphatic heterocycles. The molecule has 5 nitrogen and oxygen atoms in total. The fraction of sp³-hybridized carbons (Fsp3) is 0.227. The molecule has 0 aliphatic carbocycles. The summed E-state index contributed by atoms with van der Waals surface area (Å²) in [5.41, 5.74) is 1.91. The predicted octanol–water partition coefficient (Wildman–Crippen LogP) is 3.88. The summed E-state index contributed by atoms with van der Waals surface area (Å²) in [6.45, 7) is 2.19. The number of unbranched alkanes of at least 4 members (excludes halogenated alkanes) is 1. The minimum atomic E-state index is -0.504. The lowest BCUT2D eigenvalue weighted by Crippen LogP contribution is -2.24. The number of hydrogen-bond acceptors (Lipinski definition) is 4. The summed E-state index contributed by atoms with van der Waals surface area (Å²) >= 11 is 0. The van der Waals surface area contributed by atoms with Gasteiger partial charge in [0.25, 0.3) is 5.91 Å². The van der Waals surface area contributed by atoms with Gasteiger partial charge in [-0.1, -0.05) is 30.9 Å². The number of benzene rings is 1. The molecule has 3 rings (SSSR count). The van der Waals surface area contributed by atoms with Crippen molar-refractivity contribution in [3.63, 3.8) is 0 Å². The van der Waals surface area contributed by atoms with Gasteiger partial charge in [0.2, 0.25) is 0 Å². The van der Waals surface area contributed by atoms with E-state index in [0.29, 0.717) is 16.6 Å². The first-order chi connectivity index (χ1) is 13.7. The van der Waals surface area contributed by atoms with E-state index in [-0.39, 0.29) is 30.5 Å². The minimum absolute atomic E-state index is 0.0239. The number of aromatic nitrogens is 2. The van der Waals surface area contributed by atoms with E-state index in [1.807, 2.05) is 6.92 Å².